The molecule has 4 aromatic rings. The fourth-order valence-corrected chi connectivity index (χ4v) is 4.29. The Bertz CT molecular complexity index is 1810. The zero-order valence-corrected chi connectivity index (χ0v) is 19.1. The van der Waals surface area contributed by atoms with Crippen LogP contribution in [0.4, 0.5) is 11.8 Å². The summed E-state index contributed by atoms with van der Waals surface area (Å²) >= 11 is 0. The molecule has 6 rings (SSSR count). The second-order valence-electron chi connectivity index (χ2n) is 8.16. The third kappa shape index (κ3) is 3.30. The molecule has 36 heavy (non-hydrogen) atoms. The number of aromatic nitrogens is 5. The number of hydrogen-bond acceptors (Lipinski definition) is 7. The van der Waals surface area contributed by atoms with Gasteiger partial charge in [0.25, 0.3) is 0 Å². The van der Waals surface area contributed by atoms with Gasteiger partial charge in [0.05, 0.1) is 17.6 Å². The molecule has 176 valence electrons. The van der Waals surface area contributed by atoms with Crippen LogP contribution in [0.1, 0.15) is 33.9 Å². The Kier molecular flexibility index (Phi) is 4.82. The van der Waals surface area contributed by atoms with Crippen LogP contribution in [0.2, 0.25) is 0 Å². The van der Waals surface area contributed by atoms with E-state index >= 15 is 0 Å². The minimum Gasteiger partial charge on any atom is -0.446 e. The van der Waals surface area contributed by atoms with Gasteiger partial charge in [-0.25, -0.2) is 0 Å². The van der Waals surface area contributed by atoms with Crippen LogP contribution in [-0.2, 0) is 0 Å². The molecule has 0 aromatic carbocycles. The van der Waals surface area contributed by atoms with Crippen LogP contribution < -0.4 is 11.5 Å². The van der Waals surface area contributed by atoms with Gasteiger partial charge >= 0.3 is 0 Å². The van der Waals surface area contributed by atoms with Gasteiger partial charge in [0.1, 0.15) is 29.3 Å². The first-order valence-electron chi connectivity index (χ1n) is 11.1. The molecule has 0 aliphatic carbocycles. The van der Waals surface area contributed by atoms with Crippen molar-refractivity contribution in [1.29, 1.82) is 0 Å². The van der Waals surface area contributed by atoms with Gasteiger partial charge in [-0.3, -0.25) is 4.98 Å². The number of nitrogens with one attached hydrogen (secondary N) is 2. The lowest BCUT2D eigenvalue weighted by Crippen LogP contribution is -1.80. The van der Waals surface area contributed by atoms with E-state index in [1.54, 1.807) is 30.9 Å². The van der Waals surface area contributed by atoms with Crippen LogP contribution in [0, 0.1) is 0 Å². The summed E-state index contributed by atoms with van der Waals surface area (Å²) in [4.78, 5) is 11.0. The van der Waals surface area contributed by atoms with Crippen LogP contribution in [-0.4, -0.2) is 25.1 Å². The number of nitrogen functional groups attached to an aromatic ring is 2. The lowest BCUT2D eigenvalue weighted by Gasteiger charge is -1.93. The fourth-order valence-electron chi connectivity index (χ4n) is 4.29. The SMILES string of the molecule is C=Cc1[nH]c2c(N)occ2c1/C=C/c1ccc2c(/C=C/c3c(C=C)[nH]c4c(N)occ34)nnc-2cn1. The summed E-state index contributed by atoms with van der Waals surface area (Å²) < 4.78 is 10.7. The van der Waals surface area contributed by atoms with Crippen LogP contribution in [0.15, 0.2) is 52.8 Å². The molecule has 6 N–H and O–H groups in total. The highest BCUT2D eigenvalue weighted by molar-refractivity contribution is 6.00. The van der Waals surface area contributed by atoms with E-state index in [2.05, 4.69) is 38.3 Å². The number of fused-ring (bicyclic) bond motifs is 3. The quantitative estimate of drug-likeness (QED) is 0.234. The molecule has 6 heterocycles. The van der Waals surface area contributed by atoms with Crippen LogP contribution in [0.5, 0.6) is 0 Å². The Hall–Kier alpha value is -5.31. The van der Waals surface area contributed by atoms with E-state index in [0.717, 1.165) is 55.6 Å². The molecule has 0 bridgehead atoms. The Morgan fingerprint density at radius 2 is 1.39 bits per heavy atom. The van der Waals surface area contributed by atoms with Gasteiger partial charge in [-0.2, -0.15) is 0 Å². The molecule has 9 heteroatoms. The number of rotatable bonds is 6. The highest BCUT2D eigenvalue weighted by Gasteiger charge is 2.15. The van der Waals surface area contributed by atoms with E-state index in [-0.39, 0.29) is 0 Å². The van der Waals surface area contributed by atoms with Gasteiger partial charge in [0, 0.05) is 38.9 Å². The van der Waals surface area contributed by atoms with E-state index in [1.807, 2.05) is 36.4 Å². The lowest BCUT2D eigenvalue weighted by atomic mass is 10.1. The number of anilines is 2. The monoisotopic (exact) mass is 475 g/mol. The summed E-state index contributed by atoms with van der Waals surface area (Å²) in [5.41, 5.74) is 19.8. The molecule has 0 spiro atoms. The van der Waals surface area contributed by atoms with E-state index in [9.17, 15) is 0 Å². The summed E-state index contributed by atoms with van der Waals surface area (Å²) in [5.74, 6) is 0.675. The highest BCUT2D eigenvalue weighted by Crippen LogP contribution is 2.32. The molecular weight excluding hydrogens is 454 g/mol. The molecule has 0 saturated carbocycles. The minimum atomic E-state index is 0.335. The third-order valence-corrected chi connectivity index (χ3v) is 6.13. The first-order valence-corrected chi connectivity index (χ1v) is 11.1. The summed E-state index contributed by atoms with van der Waals surface area (Å²) in [6, 6.07) is 3.87. The van der Waals surface area contributed by atoms with E-state index < -0.39 is 0 Å². The standard InChI is InChI=1S/C27H21N7O2/c1-3-20-15(18-12-35-26(28)24(18)31-20)7-5-14-6-8-17-22(33-34-23(17)11-30-14)10-9-16-19-13-36-27(29)25(19)32-21(16)4-2/h3-13,31-32H,1-2,28-29H2/b7-5+,10-9+. The van der Waals surface area contributed by atoms with Crippen LogP contribution in [0.3, 0.4) is 0 Å². The van der Waals surface area contributed by atoms with Crippen molar-refractivity contribution in [2.24, 2.45) is 0 Å². The average molecular weight is 476 g/mol. The molecule has 0 amide bonds. The first kappa shape index (κ1) is 21.2. The third-order valence-electron chi connectivity index (χ3n) is 6.13. The van der Waals surface area contributed by atoms with Gasteiger partial charge in [-0.15, -0.1) is 10.2 Å². The van der Waals surface area contributed by atoms with Crippen molar-refractivity contribution in [3.8, 4) is 11.3 Å². The molecule has 0 unspecified atom stereocenters. The van der Waals surface area contributed by atoms with Crippen molar-refractivity contribution in [2.75, 3.05) is 11.5 Å². The summed E-state index contributed by atoms with van der Waals surface area (Å²) in [6.07, 6.45) is 16.2. The van der Waals surface area contributed by atoms with Crippen LogP contribution in [0.25, 0.3) is 69.5 Å². The minimum absolute atomic E-state index is 0.335. The van der Waals surface area contributed by atoms with Crippen LogP contribution >= 0.6 is 0 Å². The molecular formula is C27H21N7O2. The number of nitrogens with two attached hydrogens (primary N) is 2. The van der Waals surface area contributed by atoms with Crippen molar-refractivity contribution >= 4 is 70.0 Å². The van der Waals surface area contributed by atoms with E-state index in [0.29, 0.717) is 23.2 Å². The highest BCUT2D eigenvalue weighted by atomic mass is 16.3. The maximum absolute atomic E-state index is 5.90. The van der Waals surface area contributed by atoms with E-state index in [4.69, 9.17) is 20.3 Å². The molecule has 0 fully saturated rings. The second kappa shape index (κ2) is 8.17. The second-order valence-corrected chi connectivity index (χ2v) is 8.16. The Morgan fingerprint density at radius 1 is 0.778 bits per heavy atom. The van der Waals surface area contributed by atoms with Gasteiger partial charge in [0.2, 0.25) is 11.8 Å². The van der Waals surface area contributed by atoms with Gasteiger partial charge < -0.3 is 30.3 Å². The Morgan fingerprint density at radius 3 is 2.00 bits per heavy atom. The van der Waals surface area contributed by atoms with Gasteiger partial charge in [0.15, 0.2) is 0 Å². The van der Waals surface area contributed by atoms with Gasteiger partial charge in [-0.05, 0) is 48.6 Å². The Balaban J connectivity index is 1.34. The number of aromatic amines is 2. The number of H-pyrrole nitrogens is 2. The zero-order chi connectivity index (χ0) is 24.8. The molecule has 0 atom stereocenters. The van der Waals surface area contributed by atoms with Crippen molar-refractivity contribution in [3.63, 3.8) is 0 Å². The largest absolute Gasteiger partial charge is 0.446 e. The first-order chi connectivity index (χ1) is 17.6. The topological polar surface area (TPSA) is 149 Å². The molecule has 2 aliphatic rings. The summed E-state index contributed by atoms with van der Waals surface area (Å²) in [7, 11) is 0. The molecule has 4 aromatic heterocycles. The Labute approximate surface area is 204 Å². The van der Waals surface area contributed by atoms with Crippen molar-refractivity contribution in [2.45, 2.75) is 0 Å². The van der Waals surface area contributed by atoms with Crippen molar-refractivity contribution in [1.82, 2.24) is 25.1 Å². The predicted octanol–water partition coefficient (Wildman–Crippen LogP) is 5.92. The zero-order valence-electron chi connectivity index (χ0n) is 19.1. The molecule has 9 nitrogen and oxygen atoms in total. The van der Waals surface area contributed by atoms with Gasteiger partial charge in [-0.1, -0.05) is 13.2 Å². The van der Waals surface area contributed by atoms with Crippen molar-refractivity contribution < 1.29 is 8.83 Å². The number of furan rings is 2. The normalized spacial score (nSPS) is 12.1. The number of nitrogens with zero attached hydrogens (tertiary/aromatic N) is 3. The number of hydrogen-bond donors (Lipinski definition) is 4. The maximum atomic E-state index is 5.90. The lowest BCUT2D eigenvalue weighted by molar-refractivity contribution is 0.591. The fraction of sp³-hybridized carbons (Fsp3) is 0. The molecule has 0 saturated heterocycles. The summed E-state index contributed by atoms with van der Waals surface area (Å²) in [5, 5.41) is 10.4. The molecule has 2 aliphatic heterocycles. The summed E-state index contributed by atoms with van der Waals surface area (Å²) in [6.45, 7) is 7.75. The average Bonchev–Trinajstić information content (AvgIpc) is 3.66. The molecule has 0 radical (unpaired) electrons. The van der Waals surface area contributed by atoms with E-state index in [1.165, 1.54) is 0 Å². The predicted molar refractivity (Wildman–Crippen MR) is 144 cm³/mol. The smallest absolute Gasteiger partial charge is 0.214 e. The van der Waals surface area contributed by atoms with Crippen molar-refractivity contribution in [3.05, 3.63) is 77.9 Å². The maximum Gasteiger partial charge on any atom is 0.214 e.